The highest BCUT2D eigenvalue weighted by Gasteiger charge is 2.40. The van der Waals surface area contributed by atoms with Crippen LogP contribution >= 0.6 is 0 Å². The number of benzene rings is 1. The molecule has 0 atom stereocenters. The minimum Gasteiger partial charge on any atom is -0.360 e. The number of imidazole rings is 1. The Hall–Kier alpha value is -3.22. The Labute approximate surface area is 189 Å². The zero-order chi connectivity index (χ0) is 24.8. The van der Waals surface area contributed by atoms with Crippen LogP contribution in [0.25, 0.3) is 5.69 Å². The Morgan fingerprint density at radius 3 is 2.56 bits per heavy atom. The number of rotatable bonds is 5. The second-order valence-electron chi connectivity index (χ2n) is 7.95. The van der Waals surface area contributed by atoms with Crippen molar-refractivity contribution in [2.75, 3.05) is 24.6 Å². The van der Waals surface area contributed by atoms with Gasteiger partial charge in [-0.05, 0) is 26.0 Å². The molecular formula is C21H21F6N5O2. The molecule has 1 aliphatic heterocycles. The number of halogens is 6. The van der Waals surface area contributed by atoms with Gasteiger partial charge in [-0.25, -0.2) is 9.18 Å². The van der Waals surface area contributed by atoms with Gasteiger partial charge in [0.05, 0.1) is 30.6 Å². The number of hydrogen-bond donors (Lipinski definition) is 0. The topological polar surface area (TPSA) is 57.2 Å². The van der Waals surface area contributed by atoms with E-state index in [1.165, 1.54) is 10.8 Å². The highest BCUT2D eigenvalue weighted by atomic mass is 19.4. The predicted octanol–water partition coefficient (Wildman–Crippen LogP) is 3.80. The predicted molar refractivity (Wildman–Crippen MR) is 110 cm³/mol. The van der Waals surface area contributed by atoms with Gasteiger partial charge in [0.25, 0.3) is 0 Å². The summed E-state index contributed by atoms with van der Waals surface area (Å²) in [5.41, 5.74) is -2.38. The average Bonchev–Trinajstić information content (AvgIpc) is 3.32. The summed E-state index contributed by atoms with van der Waals surface area (Å²) in [6.07, 6.45) is -4.22. The van der Waals surface area contributed by atoms with Crippen molar-refractivity contribution in [3.63, 3.8) is 0 Å². The molecule has 1 aliphatic rings. The molecule has 0 amide bonds. The van der Waals surface area contributed by atoms with Crippen LogP contribution in [0.5, 0.6) is 0 Å². The maximum absolute atomic E-state index is 15.1. The third kappa shape index (κ3) is 4.56. The summed E-state index contributed by atoms with van der Waals surface area (Å²) in [7, 11) is 0. The van der Waals surface area contributed by atoms with Gasteiger partial charge in [-0.2, -0.15) is 27.1 Å². The Morgan fingerprint density at radius 1 is 1.21 bits per heavy atom. The molecule has 34 heavy (non-hydrogen) atoms. The van der Waals surface area contributed by atoms with E-state index in [1.54, 1.807) is 24.0 Å². The van der Waals surface area contributed by atoms with E-state index in [2.05, 4.69) is 9.84 Å². The molecule has 1 fully saturated rings. The molecule has 3 aromatic rings. The lowest BCUT2D eigenvalue weighted by molar-refractivity contribution is -0.240. The third-order valence-corrected chi connectivity index (χ3v) is 5.55. The van der Waals surface area contributed by atoms with Crippen LogP contribution in [-0.4, -0.2) is 44.7 Å². The molecule has 4 rings (SSSR count). The fourth-order valence-electron chi connectivity index (χ4n) is 3.83. The number of anilines is 1. The van der Waals surface area contributed by atoms with Crippen molar-refractivity contribution in [2.45, 2.75) is 39.2 Å². The maximum atomic E-state index is 15.1. The number of aromatic nitrogens is 4. The molecule has 0 aliphatic carbocycles. The standard InChI is InChI=1S/C21H21F6N5O2/c1-3-30-10-14(8-28-30)11-31-13(2)9-32(19(31)33)17-7-15(6-16(18(17)22)21(25,26)27)29-4-5-34-20(23,24)12-29/h6-10H,3-5,11-12H2,1-2H3. The number of alkyl halides is 5. The van der Waals surface area contributed by atoms with Crippen molar-refractivity contribution >= 4 is 5.69 Å². The summed E-state index contributed by atoms with van der Waals surface area (Å²) < 4.78 is 91.3. The third-order valence-electron chi connectivity index (χ3n) is 5.55. The molecule has 2 aromatic heterocycles. The summed E-state index contributed by atoms with van der Waals surface area (Å²) in [4.78, 5) is 14.0. The largest absolute Gasteiger partial charge is 0.419 e. The SMILES string of the molecule is CCn1cc(Cn2c(C)cn(-c3cc(N4CCOC(F)(F)C4)cc(C(F)(F)F)c3F)c2=O)cn1. The second-order valence-corrected chi connectivity index (χ2v) is 7.95. The van der Waals surface area contributed by atoms with Gasteiger partial charge in [0.2, 0.25) is 0 Å². The molecule has 7 nitrogen and oxygen atoms in total. The number of hydrogen-bond acceptors (Lipinski definition) is 4. The molecule has 0 N–H and O–H groups in total. The molecule has 13 heteroatoms. The summed E-state index contributed by atoms with van der Waals surface area (Å²) in [6, 6.07) is 1.43. The van der Waals surface area contributed by atoms with Crippen LogP contribution in [0.1, 0.15) is 23.7 Å². The van der Waals surface area contributed by atoms with E-state index in [9.17, 15) is 26.7 Å². The minimum absolute atomic E-state index is 0.0702. The first-order chi connectivity index (χ1) is 15.9. The second kappa shape index (κ2) is 8.53. The van der Waals surface area contributed by atoms with E-state index in [4.69, 9.17) is 0 Å². The van der Waals surface area contributed by atoms with Gasteiger partial charge >= 0.3 is 18.0 Å². The van der Waals surface area contributed by atoms with Crippen molar-refractivity contribution in [1.82, 2.24) is 18.9 Å². The van der Waals surface area contributed by atoms with Gasteiger partial charge in [-0.3, -0.25) is 13.8 Å². The summed E-state index contributed by atoms with van der Waals surface area (Å²) in [5.74, 6) is -1.67. The Morgan fingerprint density at radius 2 is 1.94 bits per heavy atom. The van der Waals surface area contributed by atoms with Crippen molar-refractivity contribution in [3.8, 4) is 5.69 Å². The first-order valence-corrected chi connectivity index (χ1v) is 10.4. The normalized spacial score (nSPS) is 16.3. The van der Waals surface area contributed by atoms with E-state index in [0.717, 1.165) is 15.5 Å². The van der Waals surface area contributed by atoms with Crippen molar-refractivity contribution in [3.05, 3.63) is 63.8 Å². The molecular weight excluding hydrogens is 468 g/mol. The average molecular weight is 489 g/mol. The lowest BCUT2D eigenvalue weighted by Gasteiger charge is -2.34. The van der Waals surface area contributed by atoms with Crippen LogP contribution in [0.2, 0.25) is 0 Å². The quantitative estimate of drug-likeness (QED) is 0.512. The van der Waals surface area contributed by atoms with E-state index in [1.807, 2.05) is 6.92 Å². The molecule has 0 saturated carbocycles. The van der Waals surface area contributed by atoms with E-state index in [-0.39, 0.29) is 18.8 Å². The van der Waals surface area contributed by atoms with Crippen molar-refractivity contribution in [1.29, 1.82) is 0 Å². The first-order valence-electron chi connectivity index (χ1n) is 10.4. The zero-order valence-corrected chi connectivity index (χ0v) is 18.2. The number of ether oxygens (including phenoxy) is 1. The zero-order valence-electron chi connectivity index (χ0n) is 18.2. The summed E-state index contributed by atoms with van der Waals surface area (Å²) in [6.45, 7) is 2.54. The molecule has 1 saturated heterocycles. The van der Waals surface area contributed by atoms with E-state index < -0.39 is 48.2 Å². The minimum atomic E-state index is -5.11. The Bertz CT molecular complexity index is 1260. The van der Waals surface area contributed by atoms with Gasteiger partial charge in [-0.1, -0.05) is 0 Å². The maximum Gasteiger partial charge on any atom is 0.419 e. The van der Waals surface area contributed by atoms with Crippen molar-refractivity contribution in [2.24, 2.45) is 0 Å². The fraction of sp³-hybridized carbons (Fsp3) is 0.429. The van der Waals surface area contributed by atoms with Crippen molar-refractivity contribution < 1.29 is 31.1 Å². The molecule has 0 bridgehead atoms. The smallest absolute Gasteiger partial charge is 0.360 e. The first kappa shape index (κ1) is 23.9. The Balaban J connectivity index is 1.81. The van der Waals surface area contributed by atoms with Gasteiger partial charge in [0.1, 0.15) is 6.54 Å². The molecule has 0 radical (unpaired) electrons. The lowest BCUT2D eigenvalue weighted by atomic mass is 10.1. The number of aryl methyl sites for hydroxylation is 2. The van der Waals surface area contributed by atoms with E-state index in [0.29, 0.717) is 23.9 Å². The summed E-state index contributed by atoms with van der Waals surface area (Å²) in [5, 5.41) is 4.12. The van der Waals surface area contributed by atoms with E-state index >= 15 is 4.39 Å². The fourth-order valence-corrected chi connectivity index (χ4v) is 3.83. The van der Waals surface area contributed by atoms with Crippen LogP contribution in [0.3, 0.4) is 0 Å². The van der Waals surface area contributed by atoms with Crippen LogP contribution in [0.4, 0.5) is 32.0 Å². The van der Waals surface area contributed by atoms with Crippen LogP contribution in [0.15, 0.2) is 35.5 Å². The highest BCUT2D eigenvalue weighted by Crippen LogP contribution is 2.38. The van der Waals surface area contributed by atoms with Gasteiger partial charge in [-0.15, -0.1) is 0 Å². The van der Waals surface area contributed by atoms with Gasteiger partial charge in [0.15, 0.2) is 5.82 Å². The molecule has 3 heterocycles. The number of morpholine rings is 1. The van der Waals surface area contributed by atoms with Gasteiger partial charge in [0, 0.05) is 42.4 Å². The van der Waals surface area contributed by atoms with Crippen LogP contribution < -0.4 is 10.6 Å². The molecule has 184 valence electrons. The molecule has 1 aromatic carbocycles. The monoisotopic (exact) mass is 489 g/mol. The summed E-state index contributed by atoms with van der Waals surface area (Å²) >= 11 is 0. The highest BCUT2D eigenvalue weighted by molar-refractivity contribution is 5.58. The van der Waals surface area contributed by atoms with Gasteiger partial charge < -0.3 is 9.64 Å². The number of nitrogens with zero attached hydrogens (tertiary/aromatic N) is 5. The van der Waals surface area contributed by atoms with Crippen LogP contribution in [-0.2, 0) is 24.0 Å². The Kier molecular flexibility index (Phi) is 6.00. The lowest BCUT2D eigenvalue weighted by Crippen LogP contribution is -2.46. The molecule has 0 spiro atoms. The van der Waals surface area contributed by atoms with Crippen LogP contribution in [0, 0.1) is 12.7 Å². The molecule has 0 unspecified atom stereocenters.